The van der Waals surface area contributed by atoms with Gasteiger partial charge in [0, 0.05) is 38.8 Å². The highest BCUT2D eigenvalue weighted by Crippen LogP contribution is 2.26. The molecular weight excluding hydrogens is 327 g/mol. The number of hydrogen-bond acceptors (Lipinski definition) is 2. The van der Waals surface area contributed by atoms with E-state index in [1.54, 1.807) is 19.2 Å². The van der Waals surface area contributed by atoms with Crippen molar-refractivity contribution in [3.8, 4) is 0 Å². The van der Waals surface area contributed by atoms with E-state index in [1.807, 2.05) is 0 Å². The number of likely N-dealkylation sites (tertiary alicyclic amines) is 1. The molecule has 24 heavy (non-hydrogen) atoms. The van der Waals surface area contributed by atoms with E-state index in [0.29, 0.717) is 12.6 Å². The van der Waals surface area contributed by atoms with Gasteiger partial charge < -0.3 is 10.6 Å². The zero-order valence-corrected chi connectivity index (χ0v) is 14.9. The van der Waals surface area contributed by atoms with Crippen molar-refractivity contribution in [3.05, 3.63) is 34.6 Å². The van der Waals surface area contributed by atoms with E-state index in [1.165, 1.54) is 38.3 Å². The first-order valence-electron chi connectivity index (χ1n) is 8.81. The molecule has 0 aromatic heterocycles. The van der Waals surface area contributed by atoms with E-state index in [-0.39, 0.29) is 10.8 Å². The Labute approximate surface area is 148 Å². The van der Waals surface area contributed by atoms with Gasteiger partial charge in [0.05, 0.1) is 5.02 Å². The molecule has 0 spiro atoms. The van der Waals surface area contributed by atoms with Crippen LogP contribution in [0.15, 0.2) is 23.2 Å². The fourth-order valence-corrected chi connectivity index (χ4v) is 3.93. The Hall–Kier alpha value is -1.33. The molecule has 1 aromatic rings. The Morgan fingerprint density at radius 2 is 2.12 bits per heavy atom. The lowest BCUT2D eigenvalue weighted by molar-refractivity contribution is 0.242. The molecule has 4 nitrogen and oxygen atoms in total. The first kappa shape index (κ1) is 17.5. The Morgan fingerprint density at radius 3 is 2.83 bits per heavy atom. The summed E-state index contributed by atoms with van der Waals surface area (Å²) in [6.07, 6.45) is 6.61. The second-order valence-electron chi connectivity index (χ2n) is 6.74. The molecule has 0 bridgehead atoms. The molecule has 1 heterocycles. The molecule has 1 aromatic carbocycles. The van der Waals surface area contributed by atoms with Crippen molar-refractivity contribution in [3.63, 3.8) is 0 Å². The largest absolute Gasteiger partial charge is 0.352 e. The smallest absolute Gasteiger partial charge is 0.191 e. The zero-order valence-electron chi connectivity index (χ0n) is 14.2. The first-order chi connectivity index (χ1) is 11.7. The Morgan fingerprint density at radius 1 is 1.33 bits per heavy atom. The van der Waals surface area contributed by atoms with Crippen LogP contribution in [0.25, 0.3) is 0 Å². The van der Waals surface area contributed by atoms with Gasteiger partial charge in [-0.2, -0.15) is 0 Å². The fourth-order valence-electron chi connectivity index (χ4n) is 3.73. The van der Waals surface area contributed by atoms with Crippen LogP contribution >= 0.6 is 11.6 Å². The van der Waals surface area contributed by atoms with Crippen molar-refractivity contribution < 1.29 is 4.39 Å². The lowest BCUT2D eigenvalue weighted by atomic mass is 10.2. The van der Waals surface area contributed by atoms with Crippen LogP contribution in [0.4, 0.5) is 4.39 Å². The number of halogens is 2. The highest BCUT2D eigenvalue weighted by Gasteiger charge is 2.30. The third-order valence-electron chi connectivity index (χ3n) is 5.07. The van der Waals surface area contributed by atoms with Gasteiger partial charge in [0.2, 0.25) is 0 Å². The second kappa shape index (κ2) is 8.17. The van der Waals surface area contributed by atoms with Gasteiger partial charge in [0.15, 0.2) is 5.96 Å². The number of aliphatic imine (C=N–C) groups is 1. The highest BCUT2D eigenvalue weighted by atomic mass is 35.5. The topological polar surface area (TPSA) is 39.7 Å². The second-order valence-corrected chi connectivity index (χ2v) is 7.14. The van der Waals surface area contributed by atoms with Crippen molar-refractivity contribution in [1.29, 1.82) is 0 Å². The highest BCUT2D eigenvalue weighted by molar-refractivity contribution is 6.30. The summed E-state index contributed by atoms with van der Waals surface area (Å²) in [5.41, 5.74) is 0.934. The van der Waals surface area contributed by atoms with Gasteiger partial charge in [-0.15, -0.1) is 0 Å². The van der Waals surface area contributed by atoms with Gasteiger partial charge in [0.25, 0.3) is 0 Å². The lowest BCUT2D eigenvalue weighted by Crippen LogP contribution is -2.45. The molecular formula is C18H26ClFN4. The van der Waals surface area contributed by atoms with Crippen molar-refractivity contribution in [2.75, 3.05) is 20.1 Å². The van der Waals surface area contributed by atoms with Crippen LogP contribution in [0, 0.1) is 5.82 Å². The molecule has 1 aliphatic heterocycles. The summed E-state index contributed by atoms with van der Waals surface area (Å²) in [5, 5.41) is 6.94. The molecule has 1 saturated carbocycles. The number of nitrogens with zero attached hydrogens (tertiary/aromatic N) is 2. The molecule has 2 fully saturated rings. The predicted molar refractivity (Wildman–Crippen MR) is 97.0 cm³/mol. The Balaban J connectivity index is 1.47. The first-order valence-corrected chi connectivity index (χ1v) is 9.18. The molecule has 132 valence electrons. The molecule has 6 heteroatoms. The maximum absolute atomic E-state index is 13.2. The van der Waals surface area contributed by atoms with E-state index in [4.69, 9.17) is 11.6 Å². The Bertz CT molecular complexity index is 586. The average Bonchev–Trinajstić information content (AvgIpc) is 3.25. The summed E-state index contributed by atoms with van der Waals surface area (Å²) < 4.78 is 13.2. The summed E-state index contributed by atoms with van der Waals surface area (Å²) >= 11 is 5.82. The minimum Gasteiger partial charge on any atom is -0.352 e. The summed E-state index contributed by atoms with van der Waals surface area (Å²) in [4.78, 5) is 6.92. The zero-order chi connectivity index (χ0) is 16.9. The molecule has 3 rings (SSSR count). The van der Waals surface area contributed by atoms with Crippen LogP contribution in [0.3, 0.4) is 0 Å². The van der Waals surface area contributed by atoms with Gasteiger partial charge in [-0.3, -0.25) is 9.89 Å². The summed E-state index contributed by atoms with van der Waals surface area (Å²) in [6, 6.07) is 6.00. The minimum absolute atomic E-state index is 0.153. The molecule has 2 N–H and O–H groups in total. The number of benzene rings is 1. The molecule has 1 atom stereocenters. The summed E-state index contributed by atoms with van der Waals surface area (Å²) in [5.74, 6) is 0.398. The summed E-state index contributed by atoms with van der Waals surface area (Å²) in [6.45, 7) is 2.83. The molecule has 1 saturated heterocycles. The summed E-state index contributed by atoms with van der Waals surface area (Å²) in [7, 11) is 1.77. The van der Waals surface area contributed by atoms with E-state index in [0.717, 1.165) is 30.5 Å². The molecule has 2 aliphatic rings. The molecule has 1 aliphatic carbocycles. The van der Waals surface area contributed by atoms with E-state index >= 15 is 0 Å². The normalized spacial score (nSPS) is 23.0. The maximum Gasteiger partial charge on any atom is 0.191 e. The molecule has 0 amide bonds. The van der Waals surface area contributed by atoms with Crippen LogP contribution in [0.2, 0.25) is 5.02 Å². The van der Waals surface area contributed by atoms with Crippen molar-refractivity contribution in [1.82, 2.24) is 15.5 Å². The van der Waals surface area contributed by atoms with Crippen LogP contribution in [0.5, 0.6) is 0 Å². The van der Waals surface area contributed by atoms with Gasteiger partial charge in [-0.05, 0) is 37.0 Å². The number of rotatable bonds is 4. The molecule has 1 unspecified atom stereocenters. The number of hydrogen-bond donors (Lipinski definition) is 2. The minimum atomic E-state index is -0.388. The van der Waals surface area contributed by atoms with Crippen LogP contribution in [-0.4, -0.2) is 43.1 Å². The van der Waals surface area contributed by atoms with Crippen molar-refractivity contribution in [2.45, 2.75) is 50.7 Å². The van der Waals surface area contributed by atoms with Gasteiger partial charge in [-0.1, -0.05) is 30.5 Å². The SMILES string of the molecule is CN=C(NCc1ccc(F)c(Cl)c1)NC1CCN(C2CCCC2)C1. The van der Waals surface area contributed by atoms with Gasteiger partial charge >= 0.3 is 0 Å². The third kappa shape index (κ3) is 4.39. The van der Waals surface area contributed by atoms with Crippen molar-refractivity contribution in [2.24, 2.45) is 4.99 Å². The van der Waals surface area contributed by atoms with Gasteiger partial charge in [-0.25, -0.2) is 4.39 Å². The third-order valence-corrected chi connectivity index (χ3v) is 5.36. The molecule has 0 radical (unpaired) electrons. The number of nitrogens with one attached hydrogen (secondary N) is 2. The quantitative estimate of drug-likeness (QED) is 0.646. The fraction of sp³-hybridized carbons (Fsp3) is 0.611. The predicted octanol–water partition coefficient (Wildman–Crippen LogP) is 3.16. The Kier molecular flexibility index (Phi) is 5.95. The standard InChI is InChI=1S/C18H26ClFN4/c1-21-18(22-11-13-6-7-17(20)16(19)10-13)23-14-8-9-24(12-14)15-4-2-3-5-15/h6-7,10,14-15H,2-5,8-9,11-12H2,1H3,(H2,21,22,23). The van der Waals surface area contributed by atoms with Crippen LogP contribution < -0.4 is 10.6 Å². The van der Waals surface area contributed by atoms with E-state index < -0.39 is 0 Å². The lowest BCUT2D eigenvalue weighted by Gasteiger charge is -2.24. The maximum atomic E-state index is 13.2. The van der Waals surface area contributed by atoms with Crippen LogP contribution in [0.1, 0.15) is 37.7 Å². The van der Waals surface area contributed by atoms with Crippen LogP contribution in [-0.2, 0) is 6.54 Å². The van der Waals surface area contributed by atoms with E-state index in [9.17, 15) is 4.39 Å². The number of guanidine groups is 1. The monoisotopic (exact) mass is 352 g/mol. The average molecular weight is 353 g/mol. The van der Waals surface area contributed by atoms with Gasteiger partial charge in [0.1, 0.15) is 5.82 Å². The van der Waals surface area contributed by atoms with E-state index in [2.05, 4.69) is 20.5 Å². The van der Waals surface area contributed by atoms with Crippen molar-refractivity contribution >= 4 is 17.6 Å².